The molecule has 2 bridgehead atoms. The minimum absolute atomic E-state index is 0.169. The second-order valence-electron chi connectivity index (χ2n) is 5.26. The van der Waals surface area contributed by atoms with Gasteiger partial charge < -0.3 is 10.0 Å². The number of hydrogen-bond donors (Lipinski definition) is 1. The minimum atomic E-state index is -0.169. The molecular weight excluding hydrogens is 222 g/mol. The zero-order chi connectivity index (χ0) is 11.1. The number of amides is 1. The van der Waals surface area contributed by atoms with Crippen LogP contribution in [-0.2, 0) is 4.79 Å². The van der Waals surface area contributed by atoms with Gasteiger partial charge in [0.15, 0.2) is 0 Å². The number of carbonyl (C=O) groups is 1. The highest BCUT2D eigenvalue weighted by Gasteiger charge is 2.44. The fraction of sp³-hybridized carbons (Fsp3) is 0.917. The van der Waals surface area contributed by atoms with Gasteiger partial charge in [-0.05, 0) is 44.3 Å². The molecule has 3 rings (SSSR count). The average Bonchev–Trinajstić information content (AvgIpc) is 2.85. The molecule has 0 aromatic carbocycles. The Kier molecular flexibility index (Phi) is 2.88. The largest absolute Gasteiger partial charge is 0.393 e. The van der Waals surface area contributed by atoms with E-state index in [1.165, 1.54) is 6.42 Å². The predicted octanol–water partition coefficient (Wildman–Crippen LogP) is 1.40. The number of fused-ring (bicyclic) bond motifs is 2. The van der Waals surface area contributed by atoms with Crippen LogP contribution in [0.5, 0.6) is 0 Å². The molecular formula is C12H19NO2S. The summed E-state index contributed by atoms with van der Waals surface area (Å²) in [6.07, 6.45) is 5.89. The molecule has 3 saturated heterocycles. The quantitative estimate of drug-likeness (QED) is 0.754. The summed E-state index contributed by atoms with van der Waals surface area (Å²) in [5.41, 5.74) is 0. The SMILES string of the molecule is O=C(C1CCCS1)N1C2CCC1CC(O)C2. The van der Waals surface area contributed by atoms with Crippen LogP contribution < -0.4 is 0 Å². The molecule has 3 unspecified atom stereocenters. The van der Waals surface area contributed by atoms with Crippen LogP contribution >= 0.6 is 11.8 Å². The van der Waals surface area contributed by atoms with Crippen LogP contribution in [0.4, 0.5) is 0 Å². The molecule has 1 N–H and O–H groups in total. The molecule has 3 atom stereocenters. The molecule has 0 spiro atoms. The Labute approximate surface area is 101 Å². The van der Waals surface area contributed by atoms with E-state index in [1.807, 2.05) is 11.8 Å². The molecule has 0 aliphatic carbocycles. The van der Waals surface area contributed by atoms with Crippen molar-refractivity contribution in [3.63, 3.8) is 0 Å². The number of piperidine rings is 1. The van der Waals surface area contributed by atoms with Gasteiger partial charge in [-0.1, -0.05) is 0 Å². The van der Waals surface area contributed by atoms with E-state index in [0.29, 0.717) is 18.0 Å². The average molecular weight is 241 g/mol. The van der Waals surface area contributed by atoms with E-state index in [2.05, 4.69) is 4.90 Å². The topological polar surface area (TPSA) is 40.5 Å². The number of aliphatic hydroxyl groups excluding tert-OH is 1. The van der Waals surface area contributed by atoms with Gasteiger partial charge in [-0.25, -0.2) is 0 Å². The van der Waals surface area contributed by atoms with Crippen LogP contribution in [0.15, 0.2) is 0 Å². The van der Waals surface area contributed by atoms with Crippen LogP contribution in [0.1, 0.15) is 38.5 Å². The molecule has 16 heavy (non-hydrogen) atoms. The zero-order valence-electron chi connectivity index (χ0n) is 9.47. The lowest BCUT2D eigenvalue weighted by molar-refractivity contribution is -0.136. The molecule has 3 aliphatic rings. The molecule has 4 heteroatoms. The molecule has 0 aromatic heterocycles. The maximum atomic E-state index is 12.4. The first-order valence-corrected chi connectivity index (χ1v) is 7.42. The van der Waals surface area contributed by atoms with E-state index in [1.54, 1.807) is 0 Å². The molecule has 0 aromatic rings. The van der Waals surface area contributed by atoms with Crippen LogP contribution in [0.25, 0.3) is 0 Å². The van der Waals surface area contributed by atoms with Crippen molar-refractivity contribution in [2.24, 2.45) is 0 Å². The molecule has 3 nitrogen and oxygen atoms in total. The Morgan fingerprint density at radius 1 is 1.19 bits per heavy atom. The minimum Gasteiger partial charge on any atom is -0.393 e. The summed E-state index contributed by atoms with van der Waals surface area (Å²) >= 11 is 1.82. The monoisotopic (exact) mass is 241 g/mol. The van der Waals surface area contributed by atoms with Crippen LogP contribution in [-0.4, -0.2) is 45.1 Å². The number of nitrogens with zero attached hydrogens (tertiary/aromatic N) is 1. The Hall–Kier alpha value is -0.220. The number of hydrogen-bond acceptors (Lipinski definition) is 3. The van der Waals surface area contributed by atoms with E-state index in [4.69, 9.17) is 0 Å². The van der Waals surface area contributed by atoms with E-state index in [9.17, 15) is 9.90 Å². The lowest BCUT2D eigenvalue weighted by Crippen LogP contribution is -2.50. The Morgan fingerprint density at radius 2 is 1.88 bits per heavy atom. The van der Waals surface area contributed by atoms with Gasteiger partial charge >= 0.3 is 0 Å². The first-order valence-electron chi connectivity index (χ1n) is 6.37. The van der Waals surface area contributed by atoms with Gasteiger partial charge in [-0.2, -0.15) is 0 Å². The van der Waals surface area contributed by atoms with Crippen molar-refractivity contribution < 1.29 is 9.90 Å². The Morgan fingerprint density at radius 3 is 2.44 bits per heavy atom. The van der Waals surface area contributed by atoms with Gasteiger partial charge in [0.05, 0.1) is 11.4 Å². The fourth-order valence-electron chi connectivity index (χ4n) is 3.45. The zero-order valence-corrected chi connectivity index (χ0v) is 10.3. The van der Waals surface area contributed by atoms with Gasteiger partial charge in [-0.15, -0.1) is 11.8 Å². The summed E-state index contributed by atoms with van der Waals surface area (Å²) < 4.78 is 0. The highest BCUT2D eigenvalue weighted by molar-refractivity contribution is 8.00. The maximum absolute atomic E-state index is 12.4. The standard InChI is InChI=1S/C12H19NO2S/c14-10-6-8-3-4-9(7-10)13(8)12(15)11-2-1-5-16-11/h8-11,14H,1-7H2. The third-order valence-corrected chi connectivity index (χ3v) is 5.53. The first-order chi connectivity index (χ1) is 7.75. The van der Waals surface area contributed by atoms with Gasteiger partial charge in [0.2, 0.25) is 5.91 Å². The van der Waals surface area contributed by atoms with E-state index in [0.717, 1.165) is 37.9 Å². The third kappa shape index (κ3) is 1.76. The van der Waals surface area contributed by atoms with Crippen molar-refractivity contribution in [1.29, 1.82) is 0 Å². The summed E-state index contributed by atoms with van der Waals surface area (Å²) in [5.74, 6) is 1.50. The maximum Gasteiger partial charge on any atom is 0.236 e. The smallest absolute Gasteiger partial charge is 0.236 e. The van der Waals surface area contributed by atoms with E-state index in [-0.39, 0.29) is 11.4 Å². The second kappa shape index (κ2) is 4.22. The summed E-state index contributed by atoms with van der Waals surface area (Å²) in [7, 11) is 0. The van der Waals surface area contributed by atoms with E-state index < -0.39 is 0 Å². The first kappa shape index (κ1) is 10.9. The van der Waals surface area contributed by atoms with Crippen molar-refractivity contribution in [3.8, 4) is 0 Å². The summed E-state index contributed by atoms with van der Waals surface area (Å²) in [6, 6.07) is 0.671. The normalized spacial score (nSPS) is 42.7. The highest BCUT2D eigenvalue weighted by atomic mass is 32.2. The van der Waals surface area contributed by atoms with Gasteiger partial charge in [0, 0.05) is 12.1 Å². The molecule has 3 aliphatic heterocycles. The lowest BCUT2D eigenvalue weighted by Gasteiger charge is -2.38. The predicted molar refractivity (Wildman–Crippen MR) is 64.4 cm³/mol. The summed E-state index contributed by atoms with van der Waals surface area (Å²) in [5, 5.41) is 9.93. The molecule has 90 valence electrons. The number of aliphatic hydroxyl groups is 1. The van der Waals surface area contributed by atoms with E-state index >= 15 is 0 Å². The van der Waals surface area contributed by atoms with Crippen LogP contribution in [0.2, 0.25) is 0 Å². The number of thioether (sulfide) groups is 1. The van der Waals surface area contributed by atoms with Crippen molar-refractivity contribution in [2.75, 3.05) is 5.75 Å². The van der Waals surface area contributed by atoms with Crippen molar-refractivity contribution in [2.45, 2.75) is 62.0 Å². The summed E-state index contributed by atoms with van der Waals surface area (Å²) in [6.45, 7) is 0. The van der Waals surface area contributed by atoms with Crippen LogP contribution in [0.3, 0.4) is 0 Å². The fourth-order valence-corrected chi connectivity index (χ4v) is 4.66. The molecule has 0 radical (unpaired) electrons. The lowest BCUT2D eigenvalue weighted by atomic mass is 9.99. The second-order valence-corrected chi connectivity index (χ2v) is 6.57. The molecule has 0 saturated carbocycles. The third-order valence-electron chi connectivity index (χ3n) is 4.17. The highest BCUT2D eigenvalue weighted by Crippen LogP contribution is 2.38. The van der Waals surface area contributed by atoms with Crippen molar-refractivity contribution in [1.82, 2.24) is 4.90 Å². The molecule has 1 amide bonds. The van der Waals surface area contributed by atoms with Gasteiger partial charge in [0.1, 0.15) is 0 Å². The molecule has 3 fully saturated rings. The Bertz CT molecular complexity index is 277. The summed E-state index contributed by atoms with van der Waals surface area (Å²) in [4.78, 5) is 14.5. The van der Waals surface area contributed by atoms with Crippen LogP contribution in [0, 0.1) is 0 Å². The van der Waals surface area contributed by atoms with Gasteiger partial charge in [-0.3, -0.25) is 4.79 Å². The number of carbonyl (C=O) groups excluding carboxylic acids is 1. The molecule has 3 heterocycles. The van der Waals surface area contributed by atoms with Crippen molar-refractivity contribution >= 4 is 17.7 Å². The van der Waals surface area contributed by atoms with Crippen molar-refractivity contribution in [3.05, 3.63) is 0 Å². The van der Waals surface area contributed by atoms with Gasteiger partial charge in [0.25, 0.3) is 0 Å². The Balaban J connectivity index is 1.72. The number of rotatable bonds is 1.